The van der Waals surface area contributed by atoms with Gasteiger partial charge in [-0.1, -0.05) is 42.1 Å². The Morgan fingerprint density at radius 2 is 1.69 bits per heavy atom. The summed E-state index contributed by atoms with van der Waals surface area (Å²) in [6.45, 7) is 7.54. The van der Waals surface area contributed by atoms with E-state index < -0.39 is 0 Å². The van der Waals surface area contributed by atoms with E-state index >= 15 is 0 Å². The van der Waals surface area contributed by atoms with E-state index in [9.17, 15) is 9.59 Å². The molecule has 1 saturated heterocycles. The quantitative estimate of drug-likeness (QED) is 0.483. The van der Waals surface area contributed by atoms with Crippen molar-refractivity contribution in [1.82, 2.24) is 14.5 Å². The molecule has 1 amide bonds. The first-order valence-electron chi connectivity index (χ1n) is 10.0. The van der Waals surface area contributed by atoms with Crippen molar-refractivity contribution in [2.45, 2.75) is 44.0 Å². The summed E-state index contributed by atoms with van der Waals surface area (Å²) in [5, 5.41) is 0.834. The van der Waals surface area contributed by atoms with Gasteiger partial charge in [0.1, 0.15) is 0 Å². The van der Waals surface area contributed by atoms with Crippen molar-refractivity contribution in [2.75, 3.05) is 13.1 Å². The van der Waals surface area contributed by atoms with Gasteiger partial charge >= 0.3 is 0 Å². The van der Waals surface area contributed by atoms with Gasteiger partial charge in [-0.05, 0) is 56.9 Å². The van der Waals surface area contributed by atoms with Crippen molar-refractivity contribution in [1.29, 1.82) is 0 Å². The number of hydrogen-bond acceptors (Lipinski definition) is 4. The second-order valence-electron chi connectivity index (χ2n) is 7.58. The Balaban J connectivity index is 1.86. The van der Waals surface area contributed by atoms with Crippen LogP contribution in [0.2, 0.25) is 0 Å². The van der Waals surface area contributed by atoms with Gasteiger partial charge in [-0.15, -0.1) is 0 Å². The number of carbonyl (C=O) groups is 1. The van der Waals surface area contributed by atoms with Crippen LogP contribution in [0.4, 0.5) is 0 Å². The molecule has 1 atom stereocenters. The number of aryl methyl sites for hydroxylation is 2. The summed E-state index contributed by atoms with van der Waals surface area (Å²) in [5.74, 6) is 0.114. The van der Waals surface area contributed by atoms with Gasteiger partial charge in [-0.3, -0.25) is 14.2 Å². The first-order valence-corrected chi connectivity index (χ1v) is 10.9. The number of para-hydroxylation sites is 2. The number of aromatic nitrogens is 2. The lowest BCUT2D eigenvalue weighted by Crippen LogP contribution is -2.34. The van der Waals surface area contributed by atoms with Crippen LogP contribution in [-0.4, -0.2) is 38.7 Å². The first kappa shape index (κ1) is 19.7. The summed E-state index contributed by atoms with van der Waals surface area (Å²) in [6, 6.07) is 13.4. The van der Waals surface area contributed by atoms with Crippen molar-refractivity contribution in [3.05, 3.63) is 63.9 Å². The number of carbonyl (C=O) groups excluding carboxylic acids is 1. The van der Waals surface area contributed by atoms with Gasteiger partial charge in [-0.2, -0.15) is 0 Å². The van der Waals surface area contributed by atoms with Crippen LogP contribution in [0.25, 0.3) is 16.6 Å². The van der Waals surface area contributed by atoms with Crippen LogP contribution in [0.5, 0.6) is 0 Å². The Morgan fingerprint density at radius 3 is 2.38 bits per heavy atom. The zero-order chi connectivity index (χ0) is 20.5. The molecule has 2 aromatic carbocycles. The monoisotopic (exact) mass is 407 g/mol. The van der Waals surface area contributed by atoms with Crippen LogP contribution in [-0.2, 0) is 4.79 Å². The van der Waals surface area contributed by atoms with E-state index in [1.54, 1.807) is 4.57 Å². The minimum Gasteiger partial charge on any atom is -0.342 e. The maximum atomic E-state index is 13.5. The van der Waals surface area contributed by atoms with Gasteiger partial charge in [0.05, 0.1) is 21.8 Å². The number of hydrogen-bond donors (Lipinski definition) is 0. The lowest BCUT2D eigenvalue weighted by atomic mass is 10.1. The average molecular weight is 408 g/mol. The van der Waals surface area contributed by atoms with Crippen molar-refractivity contribution < 1.29 is 4.79 Å². The first-order chi connectivity index (χ1) is 14.0. The Bertz CT molecular complexity index is 1110. The van der Waals surface area contributed by atoms with Crippen LogP contribution in [0, 0.1) is 13.8 Å². The van der Waals surface area contributed by atoms with Gasteiger partial charge in [0.25, 0.3) is 5.56 Å². The van der Waals surface area contributed by atoms with Crippen LogP contribution >= 0.6 is 11.8 Å². The highest BCUT2D eigenvalue weighted by Crippen LogP contribution is 2.29. The number of likely N-dealkylation sites (tertiary alicyclic amines) is 1. The third-order valence-corrected chi connectivity index (χ3v) is 6.50. The molecule has 29 heavy (non-hydrogen) atoms. The fraction of sp³-hybridized carbons (Fsp3) is 0.348. The molecule has 1 aliphatic heterocycles. The van der Waals surface area contributed by atoms with Gasteiger partial charge < -0.3 is 4.90 Å². The minimum absolute atomic E-state index is 0.101. The molecule has 0 saturated carbocycles. The second kappa shape index (κ2) is 8.03. The van der Waals surface area contributed by atoms with Crippen molar-refractivity contribution in [2.24, 2.45) is 0 Å². The zero-order valence-electron chi connectivity index (χ0n) is 17.0. The molecule has 150 valence electrons. The maximum Gasteiger partial charge on any atom is 0.266 e. The minimum atomic E-state index is -0.309. The fourth-order valence-corrected chi connectivity index (χ4v) is 4.95. The third-order valence-electron chi connectivity index (χ3n) is 5.46. The highest BCUT2D eigenvalue weighted by atomic mass is 32.2. The number of rotatable bonds is 4. The van der Waals surface area contributed by atoms with E-state index in [0.717, 1.165) is 42.7 Å². The molecule has 0 unspecified atom stereocenters. The normalized spacial score (nSPS) is 15.1. The van der Waals surface area contributed by atoms with Crippen LogP contribution in [0.3, 0.4) is 0 Å². The molecule has 0 spiro atoms. The molecule has 5 nitrogen and oxygen atoms in total. The lowest BCUT2D eigenvalue weighted by Gasteiger charge is -2.22. The molecule has 3 aromatic rings. The number of thioether (sulfide) groups is 1. The van der Waals surface area contributed by atoms with E-state index in [0.29, 0.717) is 16.1 Å². The molecule has 1 aliphatic rings. The molecule has 6 heteroatoms. The molecule has 0 aliphatic carbocycles. The molecule has 1 fully saturated rings. The Hall–Kier alpha value is -2.60. The molecule has 0 N–H and O–H groups in total. The largest absolute Gasteiger partial charge is 0.342 e. The standard InChI is InChI=1S/C23H25N3O2S/c1-15-9-8-10-16(2)20(15)26-22(28)18-11-4-5-12-19(18)24-23(26)29-17(3)21(27)25-13-6-7-14-25/h4-5,8-12,17H,6-7,13-14H2,1-3H3/t17-/m1/s1. The Morgan fingerprint density at radius 1 is 1.03 bits per heavy atom. The summed E-state index contributed by atoms with van der Waals surface area (Å²) in [5.41, 5.74) is 3.41. The van der Waals surface area contributed by atoms with Gasteiger partial charge in [0, 0.05) is 13.1 Å². The molecular formula is C23H25N3O2S. The molecular weight excluding hydrogens is 382 g/mol. The van der Waals surface area contributed by atoms with Crippen LogP contribution < -0.4 is 5.56 Å². The number of fused-ring (bicyclic) bond motifs is 1. The highest BCUT2D eigenvalue weighted by Gasteiger charge is 2.26. The molecule has 0 bridgehead atoms. The molecule has 4 rings (SSSR count). The summed E-state index contributed by atoms with van der Waals surface area (Å²) in [7, 11) is 0. The van der Waals surface area contributed by atoms with Crippen LogP contribution in [0.1, 0.15) is 30.9 Å². The van der Waals surface area contributed by atoms with E-state index in [1.807, 2.05) is 68.1 Å². The average Bonchev–Trinajstić information content (AvgIpc) is 3.24. The molecule has 2 heterocycles. The predicted molar refractivity (Wildman–Crippen MR) is 118 cm³/mol. The Kier molecular flexibility index (Phi) is 5.46. The number of benzene rings is 2. The van der Waals surface area contributed by atoms with E-state index in [1.165, 1.54) is 11.8 Å². The summed E-state index contributed by atoms with van der Waals surface area (Å²) < 4.78 is 1.69. The molecule has 1 aromatic heterocycles. The van der Waals surface area contributed by atoms with E-state index in [2.05, 4.69) is 0 Å². The van der Waals surface area contributed by atoms with E-state index in [-0.39, 0.29) is 16.7 Å². The summed E-state index contributed by atoms with van der Waals surface area (Å²) >= 11 is 1.37. The highest BCUT2D eigenvalue weighted by molar-refractivity contribution is 8.00. The van der Waals surface area contributed by atoms with Crippen molar-refractivity contribution in [3.63, 3.8) is 0 Å². The van der Waals surface area contributed by atoms with Crippen molar-refractivity contribution >= 4 is 28.6 Å². The summed E-state index contributed by atoms with van der Waals surface area (Å²) in [4.78, 5) is 33.1. The van der Waals surface area contributed by atoms with Gasteiger partial charge in [-0.25, -0.2) is 4.98 Å². The summed E-state index contributed by atoms with van der Waals surface area (Å²) in [6.07, 6.45) is 2.12. The second-order valence-corrected chi connectivity index (χ2v) is 8.89. The smallest absolute Gasteiger partial charge is 0.266 e. The zero-order valence-corrected chi connectivity index (χ0v) is 17.8. The SMILES string of the molecule is Cc1cccc(C)c1-n1c(S[C@H](C)C(=O)N2CCCC2)nc2ccccc2c1=O. The maximum absolute atomic E-state index is 13.5. The van der Waals surface area contributed by atoms with Gasteiger partial charge in [0.15, 0.2) is 5.16 Å². The van der Waals surface area contributed by atoms with E-state index in [4.69, 9.17) is 4.98 Å². The number of amides is 1. The lowest BCUT2D eigenvalue weighted by molar-refractivity contribution is -0.129. The number of nitrogens with zero attached hydrogens (tertiary/aromatic N) is 3. The molecule has 0 radical (unpaired) electrons. The predicted octanol–water partition coefficient (Wildman–Crippen LogP) is 4.11. The topological polar surface area (TPSA) is 55.2 Å². The van der Waals surface area contributed by atoms with Crippen LogP contribution in [0.15, 0.2) is 52.4 Å². The fourth-order valence-electron chi connectivity index (χ4n) is 3.95. The Labute approximate surface area is 174 Å². The third kappa shape index (κ3) is 3.69. The van der Waals surface area contributed by atoms with Gasteiger partial charge in [0.2, 0.25) is 5.91 Å². The van der Waals surface area contributed by atoms with Crippen molar-refractivity contribution in [3.8, 4) is 5.69 Å².